The SMILES string of the molecule is O=C(Nc1ccnc(C(F)(F)F)c1)c1n[nH]c2ccc(-c3cccc(F)c3F)cc12. The Morgan fingerprint density at radius 3 is 2.60 bits per heavy atom. The molecule has 0 aliphatic heterocycles. The number of hydrogen-bond acceptors (Lipinski definition) is 3. The second-order valence-corrected chi connectivity index (χ2v) is 6.32. The van der Waals surface area contributed by atoms with Gasteiger partial charge in [-0.05, 0) is 35.9 Å². The summed E-state index contributed by atoms with van der Waals surface area (Å²) < 4.78 is 66.1. The van der Waals surface area contributed by atoms with Crippen LogP contribution in [0.5, 0.6) is 0 Å². The summed E-state index contributed by atoms with van der Waals surface area (Å²) in [6, 6.07) is 10.1. The molecule has 5 nitrogen and oxygen atoms in total. The molecule has 30 heavy (non-hydrogen) atoms. The molecule has 10 heteroatoms. The highest BCUT2D eigenvalue weighted by Crippen LogP contribution is 2.30. The topological polar surface area (TPSA) is 70.7 Å². The van der Waals surface area contributed by atoms with E-state index in [2.05, 4.69) is 20.5 Å². The maximum absolute atomic E-state index is 14.1. The van der Waals surface area contributed by atoms with Crippen molar-refractivity contribution < 1.29 is 26.7 Å². The van der Waals surface area contributed by atoms with Crippen molar-refractivity contribution >= 4 is 22.5 Å². The molecule has 4 aromatic rings. The summed E-state index contributed by atoms with van der Waals surface area (Å²) in [5.74, 6) is -2.84. The van der Waals surface area contributed by atoms with E-state index in [0.717, 1.165) is 12.3 Å². The molecule has 2 N–H and O–H groups in total. The van der Waals surface area contributed by atoms with Crippen LogP contribution in [0.2, 0.25) is 0 Å². The lowest BCUT2D eigenvalue weighted by Crippen LogP contribution is -2.14. The number of halogens is 5. The molecule has 0 saturated heterocycles. The summed E-state index contributed by atoms with van der Waals surface area (Å²) in [5.41, 5.74) is -0.658. The van der Waals surface area contributed by atoms with Crippen LogP contribution in [-0.4, -0.2) is 21.1 Å². The van der Waals surface area contributed by atoms with Gasteiger partial charge < -0.3 is 5.32 Å². The first-order valence-electron chi connectivity index (χ1n) is 8.51. The lowest BCUT2D eigenvalue weighted by molar-refractivity contribution is -0.141. The number of carbonyl (C=O) groups is 1. The Morgan fingerprint density at radius 2 is 1.83 bits per heavy atom. The normalized spacial score (nSPS) is 11.6. The Morgan fingerprint density at radius 1 is 1.03 bits per heavy atom. The van der Waals surface area contributed by atoms with Crippen LogP contribution in [-0.2, 0) is 6.18 Å². The van der Waals surface area contributed by atoms with Gasteiger partial charge in [0, 0.05) is 22.8 Å². The van der Waals surface area contributed by atoms with Gasteiger partial charge in [-0.3, -0.25) is 14.9 Å². The highest BCUT2D eigenvalue weighted by atomic mass is 19.4. The van der Waals surface area contributed by atoms with Gasteiger partial charge in [-0.2, -0.15) is 18.3 Å². The van der Waals surface area contributed by atoms with Crippen LogP contribution < -0.4 is 5.32 Å². The van der Waals surface area contributed by atoms with Crippen LogP contribution in [0.4, 0.5) is 27.6 Å². The van der Waals surface area contributed by atoms with Crippen molar-refractivity contribution in [2.24, 2.45) is 0 Å². The molecule has 0 bridgehead atoms. The molecule has 2 aromatic carbocycles. The highest BCUT2D eigenvalue weighted by molar-refractivity contribution is 6.11. The second kappa shape index (κ2) is 7.21. The van der Waals surface area contributed by atoms with E-state index in [1.807, 2.05) is 0 Å². The van der Waals surface area contributed by atoms with Gasteiger partial charge in [-0.15, -0.1) is 0 Å². The molecule has 0 aliphatic rings. The van der Waals surface area contributed by atoms with E-state index in [1.165, 1.54) is 36.4 Å². The predicted molar refractivity (Wildman–Crippen MR) is 98.6 cm³/mol. The predicted octanol–water partition coefficient (Wildman–Crippen LogP) is 5.17. The fraction of sp³-hybridized carbons (Fsp3) is 0.0500. The number of nitrogens with zero attached hydrogens (tertiary/aromatic N) is 2. The van der Waals surface area contributed by atoms with Gasteiger partial charge in [-0.1, -0.05) is 18.2 Å². The zero-order valence-corrected chi connectivity index (χ0v) is 14.9. The van der Waals surface area contributed by atoms with Gasteiger partial charge in [0.15, 0.2) is 17.3 Å². The number of amides is 1. The van der Waals surface area contributed by atoms with Crippen molar-refractivity contribution in [2.75, 3.05) is 5.32 Å². The van der Waals surface area contributed by atoms with E-state index in [4.69, 9.17) is 0 Å². The Kier molecular flexibility index (Phi) is 4.69. The standard InChI is InChI=1S/C20H11F5N4O/c21-14-3-1-2-12(17(14)22)10-4-5-15-13(8-10)18(29-28-15)19(30)27-11-6-7-26-16(9-11)20(23,24)25/h1-9H,(H,28,29)(H,26,27,30). The van der Waals surface area contributed by atoms with Crippen molar-refractivity contribution in [3.05, 3.63) is 77.8 Å². The number of alkyl halides is 3. The number of H-pyrrole nitrogens is 1. The average molecular weight is 418 g/mol. The average Bonchev–Trinajstić information content (AvgIpc) is 3.13. The van der Waals surface area contributed by atoms with E-state index in [0.29, 0.717) is 22.5 Å². The van der Waals surface area contributed by atoms with Crippen molar-refractivity contribution in [3.63, 3.8) is 0 Å². The second-order valence-electron chi connectivity index (χ2n) is 6.32. The first kappa shape index (κ1) is 19.5. The summed E-state index contributed by atoms with van der Waals surface area (Å²) >= 11 is 0. The highest BCUT2D eigenvalue weighted by Gasteiger charge is 2.32. The quantitative estimate of drug-likeness (QED) is 0.451. The van der Waals surface area contributed by atoms with Crippen LogP contribution in [0.3, 0.4) is 0 Å². The number of fused-ring (bicyclic) bond motifs is 1. The molecule has 0 unspecified atom stereocenters. The van der Waals surface area contributed by atoms with Crippen LogP contribution in [0.15, 0.2) is 54.7 Å². The molecule has 152 valence electrons. The molecule has 2 aromatic heterocycles. The zero-order chi connectivity index (χ0) is 21.5. The molecule has 2 heterocycles. The lowest BCUT2D eigenvalue weighted by atomic mass is 10.0. The molecule has 0 spiro atoms. The molecule has 0 atom stereocenters. The third-order valence-corrected chi connectivity index (χ3v) is 4.35. The maximum atomic E-state index is 14.1. The fourth-order valence-corrected chi connectivity index (χ4v) is 2.93. The first-order chi connectivity index (χ1) is 14.2. The number of carbonyl (C=O) groups excluding carboxylic acids is 1. The van der Waals surface area contributed by atoms with Gasteiger partial charge in [0.25, 0.3) is 5.91 Å². The van der Waals surface area contributed by atoms with Crippen LogP contribution in [0, 0.1) is 11.6 Å². The van der Waals surface area contributed by atoms with Gasteiger partial charge in [-0.25, -0.2) is 8.78 Å². The molecule has 0 saturated carbocycles. The summed E-state index contributed by atoms with van der Waals surface area (Å²) in [5, 5.41) is 9.14. The van der Waals surface area contributed by atoms with E-state index >= 15 is 0 Å². The van der Waals surface area contributed by atoms with Crippen molar-refractivity contribution in [2.45, 2.75) is 6.18 Å². The number of anilines is 1. The summed E-state index contributed by atoms with van der Waals surface area (Å²) in [6.45, 7) is 0. The van der Waals surface area contributed by atoms with Gasteiger partial charge >= 0.3 is 6.18 Å². The smallest absolute Gasteiger partial charge is 0.320 e. The Labute approximate surface area is 165 Å². The minimum Gasteiger partial charge on any atom is -0.320 e. The number of aromatic amines is 1. The molecular weight excluding hydrogens is 407 g/mol. The molecule has 0 radical (unpaired) electrons. The van der Waals surface area contributed by atoms with Crippen LogP contribution >= 0.6 is 0 Å². The minimum absolute atomic E-state index is 0.00610. The number of rotatable bonds is 3. The number of benzene rings is 2. The third-order valence-electron chi connectivity index (χ3n) is 4.35. The Hall–Kier alpha value is -3.82. The molecule has 0 aliphatic carbocycles. The number of hydrogen-bond donors (Lipinski definition) is 2. The lowest BCUT2D eigenvalue weighted by Gasteiger charge is -2.08. The summed E-state index contributed by atoms with van der Waals surface area (Å²) in [4.78, 5) is 15.8. The Balaban J connectivity index is 1.69. The molecule has 0 fully saturated rings. The van der Waals surface area contributed by atoms with Gasteiger partial charge in [0.2, 0.25) is 0 Å². The van der Waals surface area contributed by atoms with E-state index in [-0.39, 0.29) is 16.9 Å². The van der Waals surface area contributed by atoms with Gasteiger partial charge in [0.1, 0.15) is 5.69 Å². The monoisotopic (exact) mass is 418 g/mol. The summed E-state index contributed by atoms with van der Waals surface area (Å²) in [7, 11) is 0. The number of nitrogens with one attached hydrogen (secondary N) is 2. The van der Waals surface area contributed by atoms with Crippen LogP contribution in [0.25, 0.3) is 22.0 Å². The van der Waals surface area contributed by atoms with Crippen molar-refractivity contribution in [1.29, 1.82) is 0 Å². The molecule has 1 amide bonds. The van der Waals surface area contributed by atoms with E-state index < -0.39 is 29.4 Å². The van der Waals surface area contributed by atoms with Crippen molar-refractivity contribution in [1.82, 2.24) is 15.2 Å². The summed E-state index contributed by atoms with van der Waals surface area (Å²) in [6.07, 6.45) is -3.74. The zero-order valence-electron chi connectivity index (χ0n) is 14.9. The van der Waals surface area contributed by atoms with Crippen LogP contribution in [0.1, 0.15) is 16.2 Å². The fourth-order valence-electron chi connectivity index (χ4n) is 2.93. The van der Waals surface area contributed by atoms with Gasteiger partial charge in [0.05, 0.1) is 5.52 Å². The Bertz CT molecular complexity index is 1270. The largest absolute Gasteiger partial charge is 0.433 e. The maximum Gasteiger partial charge on any atom is 0.433 e. The number of pyridine rings is 1. The first-order valence-corrected chi connectivity index (χ1v) is 8.51. The molecule has 4 rings (SSSR count). The van der Waals surface area contributed by atoms with E-state index in [9.17, 15) is 26.7 Å². The minimum atomic E-state index is -4.66. The number of aromatic nitrogens is 3. The van der Waals surface area contributed by atoms with E-state index in [1.54, 1.807) is 0 Å². The van der Waals surface area contributed by atoms with Crippen molar-refractivity contribution in [3.8, 4) is 11.1 Å². The third kappa shape index (κ3) is 3.59. The molecular formula is C20H11F5N4O.